The fraction of sp³-hybridized carbons (Fsp3) is 0.200. The Balaban J connectivity index is 1.70. The lowest BCUT2D eigenvalue weighted by atomic mass is 10.1. The molecular formula is C20H20F2N4O. The van der Waals surface area contributed by atoms with Gasteiger partial charge in [0.2, 0.25) is 0 Å². The van der Waals surface area contributed by atoms with Crippen molar-refractivity contribution in [2.24, 2.45) is 0 Å². The van der Waals surface area contributed by atoms with E-state index in [1.807, 2.05) is 19.0 Å². The smallest absolute Gasteiger partial charge is 0.254 e. The molecule has 1 heterocycles. The zero-order valence-electron chi connectivity index (χ0n) is 15.1. The maximum Gasteiger partial charge on any atom is 0.254 e. The van der Waals surface area contributed by atoms with Gasteiger partial charge in [-0.05, 0) is 44.4 Å². The molecule has 0 fully saturated rings. The summed E-state index contributed by atoms with van der Waals surface area (Å²) in [6.07, 6.45) is 3.00. The number of hydrogen-bond acceptors (Lipinski definition) is 3. The number of carbonyl (C=O) groups excluding carboxylic acids is 1. The van der Waals surface area contributed by atoms with Crippen molar-refractivity contribution in [3.05, 3.63) is 83.7 Å². The van der Waals surface area contributed by atoms with Gasteiger partial charge in [0.25, 0.3) is 5.91 Å². The Kier molecular flexibility index (Phi) is 5.61. The highest BCUT2D eigenvalue weighted by Crippen LogP contribution is 2.20. The Labute approximate surface area is 156 Å². The molecule has 27 heavy (non-hydrogen) atoms. The molecule has 0 radical (unpaired) electrons. The fourth-order valence-corrected chi connectivity index (χ4v) is 2.78. The van der Waals surface area contributed by atoms with Crippen molar-refractivity contribution >= 4 is 5.91 Å². The SMILES string of the molecule is CN(C)[C@@H](CNC(=O)c1cnn(-c2ccc(F)cc2)c1)c1ccccc1F. The normalized spacial score (nSPS) is 12.2. The van der Waals surface area contributed by atoms with E-state index in [0.29, 0.717) is 16.8 Å². The topological polar surface area (TPSA) is 50.2 Å². The summed E-state index contributed by atoms with van der Waals surface area (Å²) in [6, 6.07) is 12.0. The highest BCUT2D eigenvalue weighted by molar-refractivity contribution is 5.93. The van der Waals surface area contributed by atoms with E-state index in [1.165, 1.54) is 29.1 Å². The number of halogens is 2. The van der Waals surface area contributed by atoms with Crippen molar-refractivity contribution in [3.8, 4) is 5.69 Å². The number of likely N-dealkylation sites (N-methyl/N-ethyl adjacent to an activating group) is 1. The Morgan fingerprint density at radius 3 is 2.52 bits per heavy atom. The highest BCUT2D eigenvalue weighted by Gasteiger charge is 2.19. The van der Waals surface area contributed by atoms with E-state index in [1.54, 1.807) is 36.5 Å². The summed E-state index contributed by atoms with van der Waals surface area (Å²) in [4.78, 5) is 14.3. The van der Waals surface area contributed by atoms with Gasteiger partial charge in [-0.2, -0.15) is 5.10 Å². The molecule has 3 rings (SSSR count). The van der Waals surface area contributed by atoms with Crippen LogP contribution in [0.1, 0.15) is 22.0 Å². The first-order chi connectivity index (χ1) is 13.0. The van der Waals surface area contributed by atoms with Crippen LogP contribution >= 0.6 is 0 Å². The van der Waals surface area contributed by atoms with Gasteiger partial charge >= 0.3 is 0 Å². The van der Waals surface area contributed by atoms with Gasteiger partial charge in [-0.3, -0.25) is 4.79 Å². The molecule has 0 aliphatic heterocycles. The second-order valence-electron chi connectivity index (χ2n) is 6.36. The highest BCUT2D eigenvalue weighted by atomic mass is 19.1. The van der Waals surface area contributed by atoms with Gasteiger partial charge in [0.15, 0.2) is 0 Å². The van der Waals surface area contributed by atoms with Crippen LogP contribution in [0.5, 0.6) is 0 Å². The average molecular weight is 370 g/mol. The standard InChI is InChI=1S/C20H20F2N4O/c1-25(2)19(17-5-3-4-6-18(17)22)12-23-20(27)14-11-24-26(13-14)16-9-7-15(21)8-10-16/h3-11,13,19H,12H2,1-2H3,(H,23,27)/t19-/m0/s1. The molecule has 1 aromatic heterocycles. The quantitative estimate of drug-likeness (QED) is 0.725. The van der Waals surface area contributed by atoms with Crippen LogP contribution in [0.3, 0.4) is 0 Å². The van der Waals surface area contributed by atoms with Crippen LogP contribution in [0.15, 0.2) is 60.9 Å². The number of carbonyl (C=O) groups is 1. The van der Waals surface area contributed by atoms with Crippen LogP contribution in [0, 0.1) is 11.6 Å². The molecule has 7 heteroatoms. The first kappa shape index (κ1) is 18.7. The minimum atomic E-state index is -0.341. The number of nitrogens with one attached hydrogen (secondary N) is 1. The van der Waals surface area contributed by atoms with E-state index in [-0.39, 0.29) is 30.1 Å². The number of amides is 1. The van der Waals surface area contributed by atoms with E-state index in [9.17, 15) is 13.6 Å². The number of hydrogen-bond donors (Lipinski definition) is 1. The molecule has 0 saturated heterocycles. The molecule has 0 aliphatic rings. The largest absolute Gasteiger partial charge is 0.350 e. The van der Waals surface area contributed by atoms with Crippen LogP contribution in [0.25, 0.3) is 5.69 Å². The molecule has 1 atom stereocenters. The third-order valence-electron chi connectivity index (χ3n) is 4.28. The lowest BCUT2D eigenvalue weighted by Gasteiger charge is -2.25. The number of aromatic nitrogens is 2. The molecule has 2 aromatic carbocycles. The van der Waals surface area contributed by atoms with Crippen molar-refractivity contribution in [2.45, 2.75) is 6.04 Å². The summed E-state index contributed by atoms with van der Waals surface area (Å²) >= 11 is 0. The average Bonchev–Trinajstić information content (AvgIpc) is 3.14. The molecule has 1 N–H and O–H groups in total. The fourth-order valence-electron chi connectivity index (χ4n) is 2.78. The van der Waals surface area contributed by atoms with Gasteiger partial charge < -0.3 is 10.2 Å². The van der Waals surface area contributed by atoms with Gasteiger partial charge in [-0.15, -0.1) is 0 Å². The molecule has 5 nitrogen and oxygen atoms in total. The van der Waals surface area contributed by atoms with Gasteiger partial charge in [0, 0.05) is 18.3 Å². The minimum Gasteiger partial charge on any atom is -0.350 e. The van der Waals surface area contributed by atoms with Crippen LogP contribution in [0.2, 0.25) is 0 Å². The van der Waals surface area contributed by atoms with Crippen LogP contribution in [0.4, 0.5) is 8.78 Å². The summed E-state index contributed by atoms with van der Waals surface area (Å²) in [5.41, 5.74) is 1.53. The molecule has 0 spiro atoms. The van der Waals surface area contributed by atoms with E-state index in [2.05, 4.69) is 10.4 Å². The van der Waals surface area contributed by atoms with Gasteiger partial charge in [-0.1, -0.05) is 18.2 Å². The zero-order valence-corrected chi connectivity index (χ0v) is 15.1. The van der Waals surface area contributed by atoms with Gasteiger partial charge in [0.05, 0.1) is 23.5 Å². The summed E-state index contributed by atoms with van der Waals surface area (Å²) in [5.74, 6) is -0.965. The number of rotatable bonds is 6. The summed E-state index contributed by atoms with van der Waals surface area (Å²) in [7, 11) is 3.66. The summed E-state index contributed by atoms with van der Waals surface area (Å²) < 4.78 is 28.6. The maximum absolute atomic E-state index is 14.1. The maximum atomic E-state index is 14.1. The number of nitrogens with zero attached hydrogens (tertiary/aromatic N) is 3. The monoisotopic (exact) mass is 370 g/mol. The molecule has 0 bridgehead atoms. The minimum absolute atomic E-state index is 0.245. The molecule has 0 unspecified atom stereocenters. The Hall–Kier alpha value is -3.06. The van der Waals surface area contributed by atoms with Crippen molar-refractivity contribution < 1.29 is 13.6 Å². The first-order valence-corrected chi connectivity index (χ1v) is 8.45. The Morgan fingerprint density at radius 2 is 1.85 bits per heavy atom. The van der Waals surface area contributed by atoms with Gasteiger partial charge in [-0.25, -0.2) is 13.5 Å². The van der Waals surface area contributed by atoms with Crippen LogP contribution in [-0.4, -0.2) is 41.2 Å². The van der Waals surface area contributed by atoms with Crippen molar-refractivity contribution in [3.63, 3.8) is 0 Å². The molecule has 140 valence electrons. The van der Waals surface area contributed by atoms with Crippen molar-refractivity contribution in [1.29, 1.82) is 0 Å². The predicted octanol–water partition coefficient (Wildman–Crippen LogP) is 3.18. The van der Waals surface area contributed by atoms with E-state index in [4.69, 9.17) is 0 Å². The molecule has 0 aliphatic carbocycles. The van der Waals surface area contributed by atoms with Crippen LogP contribution < -0.4 is 5.32 Å². The molecule has 0 saturated carbocycles. The lowest BCUT2D eigenvalue weighted by molar-refractivity contribution is 0.0941. The molecular weight excluding hydrogens is 350 g/mol. The second-order valence-corrected chi connectivity index (χ2v) is 6.36. The van der Waals surface area contributed by atoms with Crippen LogP contribution in [-0.2, 0) is 0 Å². The van der Waals surface area contributed by atoms with Crippen molar-refractivity contribution in [1.82, 2.24) is 20.0 Å². The Bertz CT molecular complexity index is 922. The lowest BCUT2D eigenvalue weighted by Crippen LogP contribution is -2.34. The second kappa shape index (κ2) is 8.09. The summed E-state index contributed by atoms with van der Waals surface area (Å²) in [5, 5.41) is 6.95. The number of benzene rings is 2. The molecule has 1 amide bonds. The first-order valence-electron chi connectivity index (χ1n) is 8.45. The van der Waals surface area contributed by atoms with Crippen molar-refractivity contribution in [2.75, 3.05) is 20.6 Å². The zero-order chi connectivity index (χ0) is 19.4. The van der Waals surface area contributed by atoms with E-state index < -0.39 is 0 Å². The molecule has 3 aromatic rings. The van der Waals surface area contributed by atoms with E-state index >= 15 is 0 Å². The Morgan fingerprint density at radius 1 is 1.15 bits per heavy atom. The third-order valence-corrected chi connectivity index (χ3v) is 4.28. The van der Waals surface area contributed by atoms with E-state index in [0.717, 1.165) is 0 Å². The van der Waals surface area contributed by atoms with Gasteiger partial charge in [0.1, 0.15) is 11.6 Å². The third kappa shape index (κ3) is 4.38. The summed E-state index contributed by atoms with van der Waals surface area (Å²) in [6.45, 7) is 0.245. The predicted molar refractivity (Wildman–Crippen MR) is 98.7 cm³/mol.